The molecule has 0 spiro atoms. The van der Waals surface area contributed by atoms with Crippen molar-refractivity contribution in [3.63, 3.8) is 0 Å². The maximum Gasteiger partial charge on any atom is 0.231 e. The third-order valence-electron chi connectivity index (χ3n) is 3.50. The van der Waals surface area contributed by atoms with Gasteiger partial charge in [-0.15, -0.1) is 0 Å². The summed E-state index contributed by atoms with van der Waals surface area (Å²) in [6.45, 7) is 12.1. The second-order valence-electron chi connectivity index (χ2n) is 5.03. The smallest absolute Gasteiger partial charge is 0.231 e. The summed E-state index contributed by atoms with van der Waals surface area (Å²) in [4.78, 5) is 12.0. The van der Waals surface area contributed by atoms with Crippen LogP contribution in [0.2, 0.25) is 0 Å². The highest BCUT2D eigenvalue weighted by molar-refractivity contribution is 5.93. The van der Waals surface area contributed by atoms with E-state index < -0.39 is 0 Å². The fraction of sp³-hybridized carbons (Fsp3) is 0.312. The summed E-state index contributed by atoms with van der Waals surface area (Å²) in [5, 5.41) is 2.82. The van der Waals surface area contributed by atoms with Crippen molar-refractivity contribution in [1.82, 2.24) is 5.32 Å². The van der Waals surface area contributed by atoms with Crippen LogP contribution in [0, 0.1) is 19.8 Å². The van der Waals surface area contributed by atoms with Gasteiger partial charge in [0, 0.05) is 5.70 Å². The SMILES string of the molecule is C=C1CCC(C(=C)c2ccc(C)cc2C)C(=O)N1. The van der Waals surface area contributed by atoms with E-state index in [1.165, 1.54) is 11.1 Å². The number of allylic oxidation sites excluding steroid dienone is 1. The van der Waals surface area contributed by atoms with Crippen molar-refractivity contribution in [3.8, 4) is 0 Å². The fourth-order valence-corrected chi connectivity index (χ4v) is 2.47. The minimum Gasteiger partial charge on any atom is -0.330 e. The van der Waals surface area contributed by atoms with Crippen LogP contribution in [-0.4, -0.2) is 5.91 Å². The van der Waals surface area contributed by atoms with Gasteiger partial charge in [-0.05, 0) is 43.4 Å². The van der Waals surface area contributed by atoms with Crippen LogP contribution in [-0.2, 0) is 4.79 Å². The average Bonchev–Trinajstić information content (AvgIpc) is 2.28. The van der Waals surface area contributed by atoms with Crippen molar-refractivity contribution in [2.24, 2.45) is 5.92 Å². The quantitative estimate of drug-likeness (QED) is 0.845. The lowest BCUT2D eigenvalue weighted by molar-refractivity contribution is -0.123. The summed E-state index contributed by atoms with van der Waals surface area (Å²) in [5.74, 6) is -0.104. The molecule has 2 heteroatoms. The van der Waals surface area contributed by atoms with E-state index in [1.54, 1.807) is 0 Å². The molecule has 1 aliphatic rings. The number of benzene rings is 1. The van der Waals surface area contributed by atoms with E-state index in [0.29, 0.717) is 0 Å². The number of hydrogen-bond donors (Lipinski definition) is 1. The van der Waals surface area contributed by atoms with Crippen molar-refractivity contribution in [2.45, 2.75) is 26.7 Å². The summed E-state index contributed by atoms with van der Waals surface area (Å²) in [5.41, 5.74) is 5.22. The van der Waals surface area contributed by atoms with Gasteiger partial charge in [0.25, 0.3) is 0 Å². The molecule has 1 aromatic carbocycles. The lowest BCUT2D eigenvalue weighted by Gasteiger charge is -2.26. The van der Waals surface area contributed by atoms with Crippen LogP contribution >= 0.6 is 0 Å². The Morgan fingerprint density at radius 3 is 2.72 bits per heavy atom. The Kier molecular flexibility index (Phi) is 3.37. The molecule has 1 fully saturated rings. The molecule has 94 valence electrons. The molecule has 2 rings (SSSR count). The predicted octanol–water partition coefficient (Wildman–Crippen LogP) is 3.36. The summed E-state index contributed by atoms with van der Waals surface area (Å²) in [6.07, 6.45) is 1.64. The van der Waals surface area contributed by atoms with Crippen molar-refractivity contribution in [1.29, 1.82) is 0 Å². The molecule has 1 aromatic rings. The molecule has 1 aliphatic heterocycles. The van der Waals surface area contributed by atoms with Crippen LogP contribution in [0.15, 0.2) is 37.1 Å². The number of aryl methyl sites for hydroxylation is 2. The van der Waals surface area contributed by atoms with Crippen molar-refractivity contribution in [2.75, 3.05) is 0 Å². The molecule has 1 saturated heterocycles. The van der Waals surface area contributed by atoms with Gasteiger partial charge in [-0.3, -0.25) is 4.79 Å². The van der Waals surface area contributed by atoms with Crippen LogP contribution in [0.1, 0.15) is 29.5 Å². The fourth-order valence-electron chi connectivity index (χ4n) is 2.47. The van der Waals surface area contributed by atoms with Crippen LogP contribution in [0.3, 0.4) is 0 Å². The van der Waals surface area contributed by atoms with E-state index in [2.05, 4.69) is 50.5 Å². The molecular weight excluding hydrogens is 222 g/mol. The van der Waals surface area contributed by atoms with Crippen LogP contribution in [0.5, 0.6) is 0 Å². The molecule has 1 unspecified atom stereocenters. The monoisotopic (exact) mass is 241 g/mol. The minimum absolute atomic E-state index is 0.0243. The first kappa shape index (κ1) is 12.6. The Hall–Kier alpha value is -1.83. The lowest BCUT2D eigenvalue weighted by atomic mass is 9.85. The van der Waals surface area contributed by atoms with Gasteiger partial charge in [-0.1, -0.05) is 36.9 Å². The van der Waals surface area contributed by atoms with Gasteiger partial charge in [0.15, 0.2) is 0 Å². The van der Waals surface area contributed by atoms with Crippen LogP contribution in [0.25, 0.3) is 5.57 Å². The molecular formula is C16H19NO. The number of piperidine rings is 1. The zero-order chi connectivity index (χ0) is 13.3. The molecule has 1 heterocycles. The second-order valence-corrected chi connectivity index (χ2v) is 5.03. The Bertz CT molecular complexity index is 528. The number of nitrogens with one attached hydrogen (secondary N) is 1. The first-order valence-corrected chi connectivity index (χ1v) is 6.24. The highest BCUT2D eigenvalue weighted by Crippen LogP contribution is 2.31. The van der Waals surface area contributed by atoms with Crippen molar-refractivity contribution >= 4 is 11.5 Å². The average molecular weight is 241 g/mol. The van der Waals surface area contributed by atoms with Gasteiger partial charge in [0.2, 0.25) is 5.91 Å². The van der Waals surface area contributed by atoms with E-state index >= 15 is 0 Å². The molecule has 1 N–H and O–H groups in total. The largest absolute Gasteiger partial charge is 0.330 e. The number of rotatable bonds is 2. The Labute approximate surface area is 108 Å². The number of carbonyl (C=O) groups is 1. The lowest BCUT2D eigenvalue weighted by Crippen LogP contribution is -2.35. The maximum absolute atomic E-state index is 12.0. The first-order valence-electron chi connectivity index (χ1n) is 6.24. The van der Waals surface area contributed by atoms with E-state index in [-0.39, 0.29) is 11.8 Å². The van der Waals surface area contributed by atoms with Gasteiger partial charge in [0.05, 0.1) is 5.92 Å². The van der Waals surface area contributed by atoms with Crippen LogP contribution < -0.4 is 5.32 Å². The summed E-state index contributed by atoms with van der Waals surface area (Å²) >= 11 is 0. The van der Waals surface area contributed by atoms with Crippen molar-refractivity contribution in [3.05, 3.63) is 53.7 Å². The highest BCUT2D eigenvalue weighted by Gasteiger charge is 2.27. The third-order valence-corrected chi connectivity index (χ3v) is 3.50. The summed E-state index contributed by atoms with van der Waals surface area (Å²) < 4.78 is 0. The standard InChI is InChI=1S/C16H19NO/c1-10-5-7-14(11(2)9-10)13(4)15-8-6-12(3)17-16(15)18/h5,7,9,15H,3-4,6,8H2,1-2H3,(H,17,18). The Morgan fingerprint density at radius 2 is 2.11 bits per heavy atom. The van der Waals surface area contributed by atoms with E-state index in [9.17, 15) is 4.79 Å². The Morgan fingerprint density at radius 1 is 1.39 bits per heavy atom. The molecule has 1 atom stereocenters. The first-order chi connectivity index (χ1) is 8.49. The maximum atomic E-state index is 12.0. The zero-order valence-electron chi connectivity index (χ0n) is 11.0. The highest BCUT2D eigenvalue weighted by atomic mass is 16.2. The number of carbonyl (C=O) groups excluding carboxylic acids is 1. The normalized spacial score (nSPS) is 19.6. The van der Waals surface area contributed by atoms with E-state index in [0.717, 1.165) is 29.7 Å². The summed E-state index contributed by atoms with van der Waals surface area (Å²) in [6, 6.07) is 6.25. The van der Waals surface area contributed by atoms with Crippen molar-refractivity contribution < 1.29 is 4.79 Å². The molecule has 2 nitrogen and oxygen atoms in total. The predicted molar refractivity (Wildman–Crippen MR) is 75.0 cm³/mol. The van der Waals surface area contributed by atoms with Crippen LogP contribution in [0.4, 0.5) is 0 Å². The topological polar surface area (TPSA) is 29.1 Å². The van der Waals surface area contributed by atoms with Gasteiger partial charge in [-0.25, -0.2) is 0 Å². The third kappa shape index (κ3) is 2.37. The summed E-state index contributed by atoms with van der Waals surface area (Å²) in [7, 11) is 0. The Balaban J connectivity index is 2.26. The molecule has 0 saturated carbocycles. The molecule has 0 aliphatic carbocycles. The van der Waals surface area contributed by atoms with Gasteiger partial charge in [0.1, 0.15) is 0 Å². The molecule has 0 radical (unpaired) electrons. The van der Waals surface area contributed by atoms with Gasteiger partial charge < -0.3 is 5.32 Å². The molecule has 0 bridgehead atoms. The minimum atomic E-state index is -0.128. The van der Waals surface area contributed by atoms with E-state index in [1.807, 2.05) is 0 Å². The molecule has 18 heavy (non-hydrogen) atoms. The molecule has 1 amide bonds. The number of amides is 1. The second kappa shape index (κ2) is 4.81. The van der Waals surface area contributed by atoms with Gasteiger partial charge in [-0.2, -0.15) is 0 Å². The number of hydrogen-bond acceptors (Lipinski definition) is 1. The molecule has 0 aromatic heterocycles. The van der Waals surface area contributed by atoms with E-state index in [4.69, 9.17) is 0 Å². The zero-order valence-corrected chi connectivity index (χ0v) is 11.0. The van der Waals surface area contributed by atoms with Gasteiger partial charge >= 0.3 is 0 Å².